The molecule has 0 aromatic carbocycles. The molecule has 1 N–H and O–H groups in total. The van der Waals surface area contributed by atoms with Crippen LogP contribution in [0, 0.1) is 17.8 Å². The molecule has 98 valence electrons. The minimum Gasteiger partial charge on any atom is -0.312 e. The Kier molecular flexibility index (Phi) is 3.72. The number of likely N-dealkylation sites (N-methyl/N-ethyl adjacent to an activating group) is 1. The normalized spacial score (nSPS) is 38.1. The summed E-state index contributed by atoms with van der Waals surface area (Å²) in [6.45, 7) is 3.93. The van der Waals surface area contributed by atoms with Gasteiger partial charge in [-0.25, -0.2) is 0 Å². The quantitative estimate of drug-likeness (QED) is 0.807. The first-order valence-electron chi connectivity index (χ1n) is 7.75. The number of nitrogens with zero attached hydrogens (tertiary/aromatic N) is 1. The average molecular weight is 236 g/mol. The van der Waals surface area contributed by atoms with Gasteiger partial charge in [0.05, 0.1) is 0 Å². The highest BCUT2D eigenvalue weighted by Crippen LogP contribution is 2.38. The molecule has 3 aliphatic rings. The highest BCUT2D eigenvalue weighted by atomic mass is 15.1. The summed E-state index contributed by atoms with van der Waals surface area (Å²) in [6.07, 6.45) is 10.4. The van der Waals surface area contributed by atoms with E-state index in [2.05, 4.69) is 17.3 Å². The van der Waals surface area contributed by atoms with Gasteiger partial charge in [-0.15, -0.1) is 0 Å². The van der Waals surface area contributed by atoms with E-state index < -0.39 is 0 Å². The van der Waals surface area contributed by atoms with E-state index in [1.54, 1.807) is 0 Å². The second-order valence-corrected chi connectivity index (χ2v) is 6.74. The fourth-order valence-corrected chi connectivity index (χ4v) is 4.55. The molecule has 17 heavy (non-hydrogen) atoms. The van der Waals surface area contributed by atoms with Crippen molar-refractivity contribution in [1.82, 2.24) is 10.2 Å². The molecular weight excluding hydrogens is 208 g/mol. The lowest BCUT2D eigenvalue weighted by atomic mass is 9.93. The lowest BCUT2D eigenvalue weighted by molar-refractivity contribution is 0.233. The van der Waals surface area contributed by atoms with Crippen molar-refractivity contribution in [2.24, 2.45) is 17.8 Å². The van der Waals surface area contributed by atoms with Gasteiger partial charge in [-0.3, -0.25) is 0 Å². The highest BCUT2D eigenvalue weighted by molar-refractivity contribution is 4.95. The van der Waals surface area contributed by atoms with Crippen LogP contribution in [0.3, 0.4) is 0 Å². The van der Waals surface area contributed by atoms with Gasteiger partial charge < -0.3 is 10.2 Å². The summed E-state index contributed by atoms with van der Waals surface area (Å²) in [4.78, 5) is 2.61. The zero-order valence-corrected chi connectivity index (χ0v) is 11.3. The van der Waals surface area contributed by atoms with Crippen LogP contribution in [0.25, 0.3) is 0 Å². The van der Waals surface area contributed by atoms with Gasteiger partial charge in [0.1, 0.15) is 0 Å². The minimum absolute atomic E-state index is 0.800. The SMILES string of the molecule is CN(CC1CCCC1)CC1NCC2CCCC21. The number of rotatable bonds is 4. The maximum absolute atomic E-state index is 3.77. The van der Waals surface area contributed by atoms with Crippen molar-refractivity contribution in [2.75, 3.05) is 26.7 Å². The Labute approximate surface area is 106 Å². The lowest BCUT2D eigenvalue weighted by Gasteiger charge is -2.27. The third kappa shape index (κ3) is 2.68. The van der Waals surface area contributed by atoms with Crippen molar-refractivity contribution >= 4 is 0 Å². The van der Waals surface area contributed by atoms with E-state index in [-0.39, 0.29) is 0 Å². The van der Waals surface area contributed by atoms with Crippen LogP contribution in [0.4, 0.5) is 0 Å². The van der Waals surface area contributed by atoms with Gasteiger partial charge in [0.15, 0.2) is 0 Å². The van der Waals surface area contributed by atoms with Gasteiger partial charge in [0.2, 0.25) is 0 Å². The first-order valence-corrected chi connectivity index (χ1v) is 7.75. The highest BCUT2D eigenvalue weighted by Gasteiger charge is 2.39. The Morgan fingerprint density at radius 3 is 2.65 bits per heavy atom. The molecule has 0 amide bonds. The van der Waals surface area contributed by atoms with Gasteiger partial charge in [0, 0.05) is 19.1 Å². The third-order valence-corrected chi connectivity index (χ3v) is 5.43. The summed E-state index contributed by atoms with van der Waals surface area (Å²) >= 11 is 0. The molecular formula is C15H28N2. The van der Waals surface area contributed by atoms with E-state index >= 15 is 0 Å². The molecule has 0 bridgehead atoms. The van der Waals surface area contributed by atoms with E-state index in [0.717, 1.165) is 23.8 Å². The van der Waals surface area contributed by atoms with Crippen molar-refractivity contribution in [3.63, 3.8) is 0 Å². The predicted molar refractivity (Wildman–Crippen MR) is 72.1 cm³/mol. The number of fused-ring (bicyclic) bond motifs is 1. The number of hydrogen-bond acceptors (Lipinski definition) is 2. The molecule has 0 aromatic heterocycles. The van der Waals surface area contributed by atoms with Gasteiger partial charge in [-0.2, -0.15) is 0 Å². The molecule has 2 heteroatoms. The molecule has 3 atom stereocenters. The van der Waals surface area contributed by atoms with Crippen LogP contribution < -0.4 is 5.32 Å². The molecule has 1 heterocycles. The van der Waals surface area contributed by atoms with Crippen LogP contribution in [0.1, 0.15) is 44.9 Å². The Hall–Kier alpha value is -0.0800. The molecule has 0 radical (unpaired) electrons. The summed E-state index contributed by atoms with van der Waals surface area (Å²) in [7, 11) is 2.34. The van der Waals surface area contributed by atoms with E-state index in [1.807, 2.05) is 0 Å². The van der Waals surface area contributed by atoms with Crippen molar-refractivity contribution in [3.05, 3.63) is 0 Å². The van der Waals surface area contributed by atoms with Crippen LogP contribution >= 0.6 is 0 Å². The zero-order chi connectivity index (χ0) is 11.7. The van der Waals surface area contributed by atoms with E-state index in [9.17, 15) is 0 Å². The largest absolute Gasteiger partial charge is 0.312 e. The van der Waals surface area contributed by atoms with Crippen molar-refractivity contribution in [1.29, 1.82) is 0 Å². The fraction of sp³-hybridized carbons (Fsp3) is 1.00. The smallest absolute Gasteiger partial charge is 0.0226 e. The standard InChI is InChI=1S/C15H28N2/c1-17(10-12-5-2-3-6-12)11-15-14-8-4-7-13(14)9-16-15/h12-16H,2-11H2,1H3. The molecule has 2 saturated carbocycles. The van der Waals surface area contributed by atoms with E-state index in [0.29, 0.717) is 0 Å². The average Bonchev–Trinajstić information content (AvgIpc) is 2.97. The van der Waals surface area contributed by atoms with Crippen LogP contribution in [0.2, 0.25) is 0 Å². The maximum Gasteiger partial charge on any atom is 0.0226 e. The molecule has 1 aliphatic heterocycles. The van der Waals surface area contributed by atoms with Crippen LogP contribution in [0.5, 0.6) is 0 Å². The van der Waals surface area contributed by atoms with Crippen molar-refractivity contribution < 1.29 is 0 Å². The Bertz CT molecular complexity index is 247. The molecule has 2 aliphatic carbocycles. The molecule has 3 unspecified atom stereocenters. The van der Waals surface area contributed by atoms with E-state index in [4.69, 9.17) is 0 Å². The van der Waals surface area contributed by atoms with Gasteiger partial charge >= 0.3 is 0 Å². The Balaban J connectivity index is 1.46. The Morgan fingerprint density at radius 1 is 1.00 bits per heavy atom. The van der Waals surface area contributed by atoms with Crippen LogP contribution in [-0.2, 0) is 0 Å². The summed E-state index contributed by atoms with van der Waals surface area (Å²) in [5.41, 5.74) is 0. The molecule has 3 rings (SSSR count). The maximum atomic E-state index is 3.77. The second-order valence-electron chi connectivity index (χ2n) is 6.74. The van der Waals surface area contributed by atoms with Gasteiger partial charge in [-0.1, -0.05) is 19.3 Å². The van der Waals surface area contributed by atoms with Gasteiger partial charge in [0.25, 0.3) is 0 Å². The van der Waals surface area contributed by atoms with Crippen LogP contribution in [-0.4, -0.2) is 37.6 Å². The van der Waals surface area contributed by atoms with Gasteiger partial charge in [-0.05, 0) is 57.0 Å². The minimum atomic E-state index is 0.800. The van der Waals surface area contributed by atoms with Crippen LogP contribution in [0.15, 0.2) is 0 Å². The first-order chi connectivity index (χ1) is 8.33. The Morgan fingerprint density at radius 2 is 1.82 bits per heavy atom. The number of nitrogens with one attached hydrogen (secondary N) is 1. The summed E-state index contributed by atoms with van der Waals surface area (Å²) < 4.78 is 0. The topological polar surface area (TPSA) is 15.3 Å². The first kappa shape index (κ1) is 12.0. The number of hydrogen-bond donors (Lipinski definition) is 1. The molecule has 2 nitrogen and oxygen atoms in total. The third-order valence-electron chi connectivity index (χ3n) is 5.43. The predicted octanol–water partition coefficient (Wildman–Crippen LogP) is 2.50. The molecule has 1 saturated heterocycles. The zero-order valence-electron chi connectivity index (χ0n) is 11.3. The molecule has 0 aromatic rings. The summed E-state index contributed by atoms with van der Waals surface area (Å²) in [5.74, 6) is 3.02. The summed E-state index contributed by atoms with van der Waals surface area (Å²) in [6, 6.07) is 0.800. The molecule has 0 spiro atoms. The monoisotopic (exact) mass is 236 g/mol. The van der Waals surface area contributed by atoms with E-state index in [1.165, 1.54) is 64.6 Å². The van der Waals surface area contributed by atoms with Crippen molar-refractivity contribution in [2.45, 2.75) is 51.0 Å². The van der Waals surface area contributed by atoms with Crippen molar-refractivity contribution in [3.8, 4) is 0 Å². The molecule has 3 fully saturated rings. The fourth-order valence-electron chi connectivity index (χ4n) is 4.55. The lowest BCUT2D eigenvalue weighted by Crippen LogP contribution is -2.40. The summed E-state index contributed by atoms with van der Waals surface area (Å²) in [5, 5.41) is 3.77. The second kappa shape index (κ2) is 5.27.